The first-order valence-corrected chi connectivity index (χ1v) is 9.34. The van der Waals surface area contributed by atoms with Gasteiger partial charge in [-0.1, -0.05) is 5.21 Å². The number of aromatic amines is 1. The number of aryl methyl sites for hydroxylation is 1. The maximum atomic E-state index is 9.75. The highest BCUT2D eigenvalue weighted by molar-refractivity contribution is 5.96. The van der Waals surface area contributed by atoms with Gasteiger partial charge in [0.2, 0.25) is 0 Å². The summed E-state index contributed by atoms with van der Waals surface area (Å²) in [6.07, 6.45) is 3.89. The largest absolute Gasteiger partial charge is 0.393 e. The van der Waals surface area contributed by atoms with Gasteiger partial charge >= 0.3 is 0 Å². The van der Waals surface area contributed by atoms with Crippen molar-refractivity contribution in [3.63, 3.8) is 0 Å². The molecule has 0 aliphatic rings. The van der Waals surface area contributed by atoms with Crippen molar-refractivity contribution in [2.24, 2.45) is 12.8 Å². The van der Waals surface area contributed by atoms with Crippen LogP contribution in [0.1, 0.15) is 13.3 Å². The number of fused-ring (bicyclic) bond motifs is 2. The number of hydrogen-bond acceptors (Lipinski definition) is 7. The molecule has 4 rings (SSSR count). The van der Waals surface area contributed by atoms with Gasteiger partial charge in [-0.15, -0.1) is 5.10 Å². The number of rotatable bonds is 7. The fourth-order valence-electron chi connectivity index (χ4n) is 3.41. The minimum Gasteiger partial charge on any atom is -0.393 e. The third-order valence-corrected chi connectivity index (χ3v) is 4.81. The molecule has 0 aliphatic heterocycles. The van der Waals surface area contributed by atoms with Gasteiger partial charge in [-0.2, -0.15) is 0 Å². The average molecular weight is 380 g/mol. The summed E-state index contributed by atoms with van der Waals surface area (Å²) in [6.45, 7) is 3.53. The zero-order valence-electron chi connectivity index (χ0n) is 16.0. The summed E-state index contributed by atoms with van der Waals surface area (Å²) in [4.78, 5) is 14.6. The van der Waals surface area contributed by atoms with E-state index in [-0.39, 0.29) is 0 Å². The predicted molar refractivity (Wildman–Crippen MR) is 109 cm³/mol. The highest BCUT2D eigenvalue weighted by Crippen LogP contribution is 2.32. The third kappa shape index (κ3) is 3.30. The Hall–Kier alpha value is -3.04. The molecule has 0 radical (unpaired) electrons. The maximum absolute atomic E-state index is 9.75. The van der Waals surface area contributed by atoms with E-state index in [4.69, 9.17) is 10.7 Å². The van der Waals surface area contributed by atoms with E-state index in [1.807, 2.05) is 31.4 Å². The molecule has 0 aromatic carbocycles. The van der Waals surface area contributed by atoms with Gasteiger partial charge in [0.15, 0.2) is 5.82 Å². The number of aromatic nitrogens is 6. The SMILES string of the molecule is CC(O)CCN(CCN)c1nc(-c2c[nH]c3ncccc23)cc2nnn(C)c12. The fourth-order valence-corrected chi connectivity index (χ4v) is 3.41. The lowest BCUT2D eigenvalue weighted by molar-refractivity contribution is 0.186. The van der Waals surface area contributed by atoms with Gasteiger partial charge in [-0.3, -0.25) is 0 Å². The molecular weight excluding hydrogens is 356 g/mol. The molecule has 0 saturated carbocycles. The van der Waals surface area contributed by atoms with Gasteiger partial charge in [0.1, 0.15) is 16.7 Å². The Kier molecular flexibility index (Phi) is 4.93. The second-order valence-corrected chi connectivity index (χ2v) is 6.93. The second-order valence-electron chi connectivity index (χ2n) is 6.93. The topological polar surface area (TPSA) is 122 Å². The quantitative estimate of drug-likeness (QED) is 0.443. The summed E-state index contributed by atoms with van der Waals surface area (Å²) < 4.78 is 1.73. The van der Waals surface area contributed by atoms with Crippen molar-refractivity contribution in [2.75, 3.05) is 24.5 Å². The van der Waals surface area contributed by atoms with E-state index in [0.29, 0.717) is 26.1 Å². The van der Waals surface area contributed by atoms with Crippen molar-refractivity contribution in [1.29, 1.82) is 0 Å². The number of nitrogens with one attached hydrogen (secondary N) is 1. The number of pyridine rings is 2. The summed E-state index contributed by atoms with van der Waals surface area (Å²) in [6, 6.07) is 5.86. The molecule has 146 valence electrons. The average Bonchev–Trinajstić information content (AvgIpc) is 3.28. The van der Waals surface area contributed by atoms with Crippen LogP contribution < -0.4 is 10.6 Å². The molecule has 0 saturated heterocycles. The molecule has 1 atom stereocenters. The highest BCUT2D eigenvalue weighted by atomic mass is 16.3. The van der Waals surface area contributed by atoms with Gasteiger partial charge in [0.25, 0.3) is 0 Å². The molecule has 4 heterocycles. The van der Waals surface area contributed by atoms with E-state index >= 15 is 0 Å². The van der Waals surface area contributed by atoms with E-state index in [9.17, 15) is 5.11 Å². The summed E-state index contributed by atoms with van der Waals surface area (Å²) in [7, 11) is 1.85. The van der Waals surface area contributed by atoms with Gasteiger partial charge < -0.3 is 20.7 Å². The minimum atomic E-state index is -0.400. The van der Waals surface area contributed by atoms with Crippen LogP contribution in [0.2, 0.25) is 0 Å². The van der Waals surface area contributed by atoms with Gasteiger partial charge in [-0.05, 0) is 31.5 Å². The normalized spacial score (nSPS) is 12.7. The van der Waals surface area contributed by atoms with E-state index < -0.39 is 6.10 Å². The molecule has 4 N–H and O–H groups in total. The van der Waals surface area contributed by atoms with Gasteiger partial charge in [0.05, 0.1) is 11.8 Å². The van der Waals surface area contributed by atoms with Crippen LogP contribution >= 0.6 is 0 Å². The molecule has 4 aromatic rings. The number of aliphatic hydroxyl groups excluding tert-OH is 1. The number of aliphatic hydroxyl groups is 1. The molecule has 9 nitrogen and oxygen atoms in total. The Labute approximate surface area is 162 Å². The lowest BCUT2D eigenvalue weighted by atomic mass is 10.1. The van der Waals surface area contributed by atoms with Gasteiger partial charge in [0, 0.05) is 50.0 Å². The van der Waals surface area contributed by atoms with Crippen molar-refractivity contribution >= 4 is 27.9 Å². The molecule has 9 heteroatoms. The molecule has 0 spiro atoms. The zero-order valence-corrected chi connectivity index (χ0v) is 16.0. The Morgan fingerprint density at radius 3 is 3.00 bits per heavy atom. The first kappa shape index (κ1) is 18.3. The minimum absolute atomic E-state index is 0.400. The first-order valence-electron chi connectivity index (χ1n) is 9.34. The molecular formula is C19H24N8O. The predicted octanol–water partition coefficient (Wildman–Crippen LogP) is 1.44. The molecule has 0 fully saturated rings. The van der Waals surface area contributed by atoms with Crippen LogP contribution in [0.25, 0.3) is 33.3 Å². The van der Waals surface area contributed by atoms with Crippen molar-refractivity contribution in [1.82, 2.24) is 29.9 Å². The fraction of sp³-hybridized carbons (Fsp3) is 0.368. The lowest BCUT2D eigenvalue weighted by Gasteiger charge is -2.25. The second kappa shape index (κ2) is 7.53. The maximum Gasteiger partial charge on any atom is 0.157 e. The molecule has 4 aromatic heterocycles. The Morgan fingerprint density at radius 1 is 1.36 bits per heavy atom. The summed E-state index contributed by atoms with van der Waals surface area (Å²) >= 11 is 0. The van der Waals surface area contributed by atoms with Crippen LogP contribution in [0.4, 0.5) is 5.82 Å². The number of nitrogens with zero attached hydrogens (tertiary/aromatic N) is 6. The van der Waals surface area contributed by atoms with Crippen molar-refractivity contribution in [3.05, 3.63) is 30.6 Å². The Morgan fingerprint density at radius 2 is 2.21 bits per heavy atom. The molecule has 0 bridgehead atoms. The molecule has 0 amide bonds. The lowest BCUT2D eigenvalue weighted by Crippen LogP contribution is -2.33. The molecule has 0 aliphatic carbocycles. The van der Waals surface area contributed by atoms with Crippen LogP contribution in [-0.2, 0) is 7.05 Å². The van der Waals surface area contributed by atoms with Crippen molar-refractivity contribution < 1.29 is 5.11 Å². The smallest absolute Gasteiger partial charge is 0.157 e. The van der Waals surface area contributed by atoms with Crippen LogP contribution in [0.5, 0.6) is 0 Å². The van der Waals surface area contributed by atoms with E-state index in [2.05, 4.69) is 25.2 Å². The number of hydrogen-bond donors (Lipinski definition) is 3. The van der Waals surface area contributed by atoms with Crippen LogP contribution in [-0.4, -0.2) is 60.8 Å². The zero-order chi connectivity index (χ0) is 19.7. The van der Waals surface area contributed by atoms with Crippen molar-refractivity contribution in [3.8, 4) is 11.3 Å². The standard InChI is InChI=1S/C19H24N8O/c1-12(28)5-8-27(9-6-20)19-17-16(24-25-26(17)2)10-15(23-19)14-11-22-18-13(14)4-3-7-21-18/h3-4,7,10-12,28H,5-6,8-9,20H2,1-2H3,(H,21,22). The summed E-state index contributed by atoms with van der Waals surface area (Å²) in [5.41, 5.74) is 10.0. The van der Waals surface area contributed by atoms with Crippen LogP contribution in [0.15, 0.2) is 30.6 Å². The summed E-state index contributed by atoms with van der Waals surface area (Å²) in [5.74, 6) is 0.768. The highest BCUT2D eigenvalue weighted by Gasteiger charge is 2.20. The third-order valence-electron chi connectivity index (χ3n) is 4.81. The molecule has 1 unspecified atom stereocenters. The number of H-pyrrole nitrogens is 1. The van der Waals surface area contributed by atoms with Crippen molar-refractivity contribution in [2.45, 2.75) is 19.4 Å². The monoisotopic (exact) mass is 380 g/mol. The van der Waals surface area contributed by atoms with E-state index in [1.54, 1.807) is 17.8 Å². The van der Waals surface area contributed by atoms with Gasteiger partial charge in [-0.25, -0.2) is 14.6 Å². The van der Waals surface area contributed by atoms with E-state index in [0.717, 1.165) is 39.1 Å². The Balaban J connectivity index is 1.88. The number of nitrogens with two attached hydrogens (primary N) is 1. The van der Waals surface area contributed by atoms with Crippen LogP contribution in [0, 0.1) is 0 Å². The first-order chi connectivity index (χ1) is 13.6. The van der Waals surface area contributed by atoms with Crippen LogP contribution in [0.3, 0.4) is 0 Å². The molecule has 28 heavy (non-hydrogen) atoms. The summed E-state index contributed by atoms with van der Waals surface area (Å²) in [5, 5.41) is 19.2. The number of anilines is 1. The van der Waals surface area contributed by atoms with E-state index in [1.165, 1.54) is 0 Å². The Bertz CT molecular complexity index is 1100.